The molecule has 1 aliphatic carbocycles. The summed E-state index contributed by atoms with van der Waals surface area (Å²) in [6, 6.07) is 1.90. The first-order valence-corrected chi connectivity index (χ1v) is 6.99. The SMILES string of the molecule is CCC1CCc2[nH]c(-c3ccnc(Br)c3N)nc21. The number of nitrogens with zero attached hydrogens (tertiary/aromatic N) is 2. The minimum Gasteiger partial charge on any atom is -0.396 e. The van der Waals surface area contributed by atoms with E-state index in [1.807, 2.05) is 6.07 Å². The van der Waals surface area contributed by atoms with Gasteiger partial charge in [-0.25, -0.2) is 9.97 Å². The van der Waals surface area contributed by atoms with Gasteiger partial charge >= 0.3 is 0 Å². The van der Waals surface area contributed by atoms with Crippen molar-refractivity contribution in [3.63, 3.8) is 0 Å². The highest BCUT2D eigenvalue weighted by Gasteiger charge is 2.26. The number of hydrogen-bond acceptors (Lipinski definition) is 3. The Morgan fingerprint density at radius 1 is 1.56 bits per heavy atom. The van der Waals surface area contributed by atoms with Crippen molar-refractivity contribution in [2.75, 3.05) is 5.73 Å². The molecule has 4 nitrogen and oxygen atoms in total. The van der Waals surface area contributed by atoms with E-state index in [4.69, 9.17) is 10.7 Å². The lowest BCUT2D eigenvalue weighted by Crippen LogP contribution is -1.96. The van der Waals surface area contributed by atoms with E-state index in [-0.39, 0.29) is 0 Å². The van der Waals surface area contributed by atoms with Crippen LogP contribution in [0.1, 0.15) is 37.1 Å². The molecule has 0 saturated carbocycles. The number of hydrogen-bond donors (Lipinski definition) is 2. The maximum absolute atomic E-state index is 6.03. The smallest absolute Gasteiger partial charge is 0.140 e. The third-order valence-corrected chi connectivity index (χ3v) is 4.26. The molecular formula is C13H15BrN4. The number of nitrogens with one attached hydrogen (secondary N) is 1. The Morgan fingerprint density at radius 3 is 3.17 bits per heavy atom. The van der Waals surface area contributed by atoms with Crippen LogP contribution >= 0.6 is 15.9 Å². The van der Waals surface area contributed by atoms with Crippen molar-refractivity contribution < 1.29 is 0 Å². The van der Waals surface area contributed by atoms with Crippen molar-refractivity contribution in [2.45, 2.75) is 32.1 Å². The summed E-state index contributed by atoms with van der Waals surface area (Å²) in [4.78, 5) is 12.2. The number of H-pyrrole nitrogens is 1. The van der Waals surface area contributed by atoms with Crippen LogP contribution in [-0.4, -0.2) is 15.0 Å². The molecule has 0 bridgehead atoms. The number of aromatic nitrogens is 3. The van der Waals surface area contributed by atoms with Gasteiger partial charge in [0.25, 0.3) is 0 Å². The molecule has 0 aromatic carbocycles. The maximum atomic E-state index is 6.03. The van der Waals surface area contributed by atoms with Crippen molar-refractivity contribution in [2.24, 2.45) is 0 Å². The molecule has 1 aliphatic rings. The first-order chi connectivity index (χ1) is 8.70. The predicted molar refractivity (Wildman–Crippen MR) is 75.3 cm³/mol. The summed E-state index contributed by atoms with van der Waals surface area (Å²) in [5, 5.41) is 0. The van der Waals surface area contributed by atoms with Crippen LogP contribution in [0.15, 0.2) is 16.9 Å². The van der Waals surface area contributed by atoms with Gasteiger partial charge in [0.1, 0.15) is 10.4 Å². The zero-order chi connectivity index (χ0) is 12.7. The molecule has 18 heavy (non-hydrogen) atoms. The fourth-order valence-corrected chi connectivity index (χ4v) is 2.92. The second kappa shape index (κ2) is 4.39. The van der Waals surface area contributed by atoms with Crippen LogP contribution in [0, 0.1) is 0 Å². The summed E-state index contributed by atoms with van der Waals surface area (Å²) >= 11 is 3.35. The van der Waals surface area contributed by atoms with Crippen molar-refractivity contribution in [3.8, 4) is 11.4 Å². The van der Waals surface area contributed by atoms with Gasteiger partial charge in [-0.05, 0) is 41.3 Å². The molecule has 3 rings (SSSR count). The van der Waals surface area contributed by atoms with Gasteiger partial charge in [0.05, 0.1) is 11.4 Å². The molecular weight excluding hydrogens is 292 g/mol. The lowest BCUT2D eigenvalue weighted by Gasteiger charge is -2.05. The van der Waals surface area contributed by atoms with Gasteiger partial charge in [-0.2, -0.15) is 0 Å². The van der Waals surface area contributed by atoms with Crippen molar-refractivity contribution in [3.05, 3.63) is 28.3 Å². The minimum atomic E-state index is 0.594. The van der Waals surface area contributed by atoms with Gasteiger partial charge in [0, 0.05) is 23.4 Å². The Labute approximate surface area is 114 Å². The van der Waals surface area contributed by atoms with E-state index in [2.05, 4.69) is 32.8 Å². The zero-order valence-corrected chi connectivity index (χ0v) is 11.8. The lowest BCUT2D eigenvalue weighted by molar-refractivity contribution is 0.641. The van der Waals surface area contributed by atoms with Gasteiger partial charge < -0.3 is 10.7 Å². The van der Waals surface area contributed by atoms with E-state index in [0.717, 1.165) is 24.2 Å². The molecule has 2 aromatic heterocycles. The molecule has 0 saturated heterocycles. The lowest BCUT2D eigenvalue weighted by atomic mass is 10.1. The molecule has 3 N–H and O–H groups in total. The van der Waals surface area contributed by atoms with E-state index in [1.54, 1.807) is 6.20 Å². The fraction of sp³-hybridized carbons (Fsp3) is 0.385. The third kappa shape index (κ3) is 1.73. The molecule has 5 heteroatoms. The quantitative estimate of drug-likeness (QED) is 0.837. The normalized spacial score (nSPS) is 18.0. The van der Waals surface area contributed by atoms with Crippen LogP contribution in [0.2, 0.25) is 0 Å². The van der Waals surface area contributed by atoms with Crippen LogP contribution < -0.4 is 5.73 Å². The Balaban J connectivity index is 2.06. The van der Waals surface area contributed by atoms with E-state index in [9.17, 15) is 0 Å². The summed E-state index contributed by atoms with van der Waals surface area (Å²) in [5.74, 6) is 1.45. The summed E-state index contributed by atoms with van der Waals surface area (Å²) in [6.45, 7) is 2.21. The molecule has 1 unspecified atom stereocenters. The number of nitrogen functional groups attached to an aromatic ring is 1. The molecule has 2 aromatic rings. The highest BCUT2D eigenvalue weighted by atomic mass is 79.9. The number of imidazole rings is 1. The fourth-order valence-electron chi connectivity index (χ4n) is 2.59. The predicted octanol–water partition coefficient (Wildman–Crippen LogP) is 3.26. The Morgan fingerprint density at radius 2 is 2.39 bits per heavy atom. The zero-order valence-electron chi connectivity index (χ0n) is 10.2. The largest absolute Gasteiger partial charge is 0.396 e. The summed E-state index contributed by atoms with van der Waals surface area (Å²) < 4.78 is 0.670. The van der Waals surface area contributed by atoms with Crippen LogP contribution in [0.3, 0.4) is 0 Å². The van der Waals surface area contributed by atoms with Crippen molar-refractivity contribution in [1.29, 1.82) is 0 Å². The number of nitrogens with two attached hydrogens (primary N) is 1. The molecule has 0 radical (unpaired) electrons. The van der Waals surface area contributed by atoms with Gasteiger partial charge in [-0.1, -0.05) is 6.92 Å². The van der Waals surface area contributed by atoms with Crippen LogP contribution in [0.25, 0.3) is 11.4 Å². The monoisotopic (exact) mass is 306 g/mol. The van der Waals surface area contributed by atoms with Crippen LogP contribution in [0.4, 0.5) is 5.69 Å². The molecule has 2 heterocycles. The Bertz CT molecular complexity index is 591. The standard InChI is InChI=1S/C13H15BrN4/c1-2-7-3-4-9-11(7)18-13(17-9)8-5-6-16-12(14)10(8)15/h5-7H,2-4,15H2,1H3,(H,17,18). The third-order valence-electron chi connectivity index (χ3n) is 3.63. The van der Waals surface area contributed by atoms with E-state index >= 15 is 0 Å². The van der Waals surface area contributed by atoms with Gasteiger partial charge in [0.15, 0.2) is 0 Å². The number of aryl methyl sites for hydroxylation is 1. The molecule has 0 fully saturated rings. The number of anilines is 1. The Kier molecular flexibility index (Phi) is 2.86. The van der Waals surface area contributed by atoms with E-state index in [0.29, 0.717) is 16.2 Å². The highest BCUT2D eigenvalue weighted by molar-refractivity contribution is 9.10. The van der Waals surface area contributed by atoms with Crippen LogP contribution in [-0.2, 0) is 6.42 Å². The molecule has 0 amide bonds. The van der Waals surface area contributed by atoms with Crippen molar-refractivity contribution in [1.82, 2.24) is 15.0 Å². The van der Waals surface area contributed by atoms with E-state index < -0.39 is 0 Å². The molecule has 0 aliphatic heterocycles. The summed E-state index contributed by atoms with van der Waals surface area (Å²) in [5.41, 5.74) is 10.1. The first-order valence-electron chi connectivity index (χ1n) is 6.19. The van der Waals surface area contributed by atoms with Gasteiger partial charge in [-0.3, -0.25) is 0 Å². The van der Waals surface area contributed by atoms with Crippen LogP contribution in [0.5, 0.6) is 0 Å². The number of halogens is 1. The first kappa shape index (κ1) is 11.7. The van der Waals surface area contributed by atoms with E-state index in [1.165, 1.54) is 17.8 Å². The highest BCUT2D eigenvalue weighted by Crippen LogP contribution is 2.37. The second-order valence-corrected chi connectivity index (χ2v) is 5.41. The minimum absolute atomic E-state index is 0.594. The van der Waals surface area contributed by atoms with Gasteiger partial charge in [-0.15, -0.1) is 0 Å². The summed E-state index contributed by atoms with van der Waals surface area (Å²) in [7, 11) is 0. The number of rotatable bonds is 2. The average molecular weight is 307 g/mol. The average Bonchev–Trinajstić information content (AvgIpc) is 2.92. The molecule has 94 valence electrons. The number of fused-ring (bicyclic) bond motifs is 1. The number of pyridine rings is 1. The van der Waals surface area contributed by atoms with Gasteiger partial charge in [0.2, 0.25) is 0 Å². The summed E-state index contributed by atoms with van der Waals surface area (Å²) in [6.07, 6.45) is 5.18. The van der Waals surface area contributed by atoms with Crippen molar-refractivity contribution >= 4 is 21.6 Å². The second-order valence-electron chi connectivity index (χ2n) is 4.66. The molecule has 0 spiro atoms. The number of aromatic amines is 1. The maximum Gasteiger partial charge on any atom is 0.140 e. The topological polar surface area (TPSA) is 67.6 Å². The molecule has 1 atom stereocenters. The Hall–Kier alpha value is -1.36.